The summed E-state index contributed by atoms with van der Waals surface area (Å²) >= 11 is 0. The first-order valence-corrected chi connectivity index (χ1v) is 10.4. The smallest absolute Gasteiger partial charge is 0.250 e. The lowest BCUT2D eigenvalue weighted by atomic mass is 10.0. The fraction of sp³-hybridized carbons (Fsp3) is 0.211. The number of ether oxygens (including phenoxy) is 1. The zero-order valence-corrected chi connectivity index (χ0v) is 16.4. The van der Waals surface area contributed by atoms with Crippen molar-refractivity contribution in [2.24, 2.45) is 7.05 Å². The molecule has 0 spiro atoms. The molecule has 1 aromatic carbocycles. The minimum atomic E-state index is -3.47. The Morgan fingerprint density at radius 2 is 1.93 bits per heavy atom. The molecule has 29 heavy (non-hydrogen) atoms. The van der Waals surface area contributed by atoms with Crippen LogP contribution in [0.1, 0.15) is 5.56 Å². The molecule has 2 heterocycles. The van der Waals surface area contributed by atoms with Crippen LogP contribution in [0.5, 0.6) is 5.75 Å². The standard InChI is InChI=1S/C19H18F2N2O5S/c1-22-9-12(3-6-18(22)24)14-10-23(11-29(2,26)27)19(25)8-17(14)28-16-5-4-13(20)7-15(16)21/h3-10,19,25H,11H2,1-2H3. The van der Waals surface area contributed by atoms with Crippen molar-refractivity contribution in [2.75, 3.05) is 12.1 Å². The summed E-state index contributed by atoms with van der Waals surface area (Å²) in [6, 6.07) is 5.56. The number of aliphatic hydroxyl groups is 1. The van der Waals surface area contributed by atoms with Crippen LogP contribution in [0.15, 0.2) is 59.4 Å². The molecule has 0 bridgehead atoms. The molecular formula is C19H18F2N2O5S. The summed E-state index contributed by atoms with van der Waals surface area (Å²) in [5, 5.41) is 10.3. The first-order chi connectivity index (χ1) is 13.5. The predicted molar refractivity (Wildman–Crippen MR) is 102 cm³/mol. The van der Waals surface area contributed by atoms with E-state index in [2.05, 4.69) is 0 Å². The van der Waals surface area contributed by atoms with Crippen molar-refractivity contribution in [3.05, 3.63) is 82.1 Å². The van der Waals surface area contributed by atoms with Crippen molar-refractivity contribution in [1.29, 1.82) is 0 Å². The third kappa shape index (κ3) is 4.90. The Hall–Kier alpha value is -2.98. The lowest BCUT2D eigenvalue weighted by Gasteiger charge is -2.30. The number of aliphatic hydroxyl groups excluding tert-OH is 1. The maximum Gasteiger partial charge on any atom is 0.250 e. The van der Waals surface area contributed by atoms with Crippen LogP contribution in [0.2, 0.25) is 0 Å². The van der Waals surface area contributed by atoms with E-state index in [4.69, 9.17) is 4.74 Å². The normalized spacial score (nSPS) is 17.0. The van der Waals surface area contributed by atoms with Gasteiger partial charge in [-0.3, -0.25) is 4.79 Å². The average Bonchev–Trinajstić information content (AvgIpc) is 2.61. The summed E-state index contributed by atoms with van der Waals surface area (Å²) in [5.74, 6) is -2.46. The molecule has 1 N–H and O–H groups in total. The highest BCUT2D eigenvalue weighted by Gasteiger charge is 2.26. The van der Waals surface area contributed by atoms with Crippen molar-refractivity contribution in [3.63, 3.8) is 0 Å². The number of rotatable bonds is 5. The molecule has 0 radical (unpaired) electrons. The highest BCUT2D eigenvalue weighted by Crippen LogP contribution is 2.32. The molecule has 3 rings (SSSR count). The SMILES string of the molecule is Cn1cc(C2=CN(CS(C)(=O)=O)C(O)C=C2Oc2ccc(F)cc2F)ccc1=O. The van der Waals surface area contributed by atoms with Crippen molar-refractivity contribution in [2.45, 2.75) is 6.23 Å². The second-order valence-corrected chi connectivity index (χ2v) is 8.71. The van der Waals surface area contributed by atoms with Crippen LogP contribution in [-0.4, -0.2) is 41.4 Å². The minimum absolute atomic E-state index is 0.0198. The van der Waals surface area contributed by atoms with Crippen LogP contribution in [0.4, 0.5) is 8.78 Å². The Balaban J connectivity index is 2.06. The summed E-state index contributed by atoms with van der Waals surface area (Å²) < 4.78 is 57.4. The number of aryl methyl sites for hydroxylation is 1. The molecule has 7 nitrogen and oxygen atoms in total. The second kappa shape index (κ2) is 7.80. The number of hydrogen-bond acceptors (Lipinski definition) is 6. The van der Waals surface area contributed by atoms with Crippen molar-refractivity contribution < 1.29 is 27.0 Å². The zero-order valence-electron chi connectivity index (χ0n) is 15.5. The van der Waals surface area contributed by atoms with Crippen molar-refractivity contribution in [1.82, 2.24) is 9.47 Å². The second-order valence-electron chi connectivity index (χ2n) is 6.60. The molecule has 2 aromatic rings. The molecule has 1 aliphatic rings. The lowest BCUT2D eigenvalue weighted by Crippen LogP contribution is -2.36. The molecular weight excluding hydrogens is 406 g/mol. The highest BCUT2D eigenvalue weighted by atomic mass is 32.2. The Morgan fingerprint density at radius 1 is 1.21 bits per heavy atom. The van der Waals surface area contributed by atoms with Gasteiger partial charge < -0.3 is 19.3 Å². The van der Waals surface area contributed by atoms with E-state index in [1.165, 1.54) is 42.2 Å². The number of allylic oxidation sites excluding steroid dienone is 1. The maximum atomic E-state index is 14.0. The Labute approximate surface area is 165 Å². The van der Waals surface area contributed by atoms with E-state index < -0.39 is 33.6 Å². The van der Waals surface area contributed by atoms with Gasteiger partial charge in [0, 0.05) is 55.0 Å². The summed E-state index contributed by atoms with van der Waals surface area (Å²) in [5.41, 5.74) is 0.499. The van der Waals surface area contributed by atoms with Crippen LogP contribution in [0, 0.1) is 11.6 Å². The van der Waals surface area contributed by atoms with Gasteiger partial charge in [0.05, 0.1) is 0 Å². The monoisotopic (exact) mass is 424 g/mol. The summed E-state index contributed by atoms with van der Waals surface area (Å²) in [6.07, 6.45) is 3.70. The fourth-order valence-corrected chi connectivity index (χ4v) is 3.52. The highest BCUT2D eigenvalue weighted by molar-refractivity contribution is 7.90. The number of pyridine rings is 1. The molecule has 0 fully saturated rings. The van der Waals surface area contributed by atoms with E-state index in [1.54, 1.807) is 0 Å². The minimum Gasteiger partial charge on any atom is -0.454 e. The van der Waals surface area contributed by atoms with E-state index in [9.17, 15) is 27.1 Å². The van der Waals surface area contributed by atoms with Gasteiger partial charge in [-0.25, -0.2) is 17.2 Å². The van der Waals surface area contributed by atoms with Gasteiger partial charge in [-0.15, -0.1) is 0 Å². The summed E-state index contributed by atoms with van der Waals surface area (Å²) in [6.45, 7) is 0. The van der Waals surface area contributed by atoms with Gasteiger partial charge in [-0.1, -0.05) is 0 Å². The number of halogens is 2. The molecule has 1 atom stereocenters. The van der Waals surface area contributed by atoms with Gasteiger partial charge >= 0.3 is 0 Å². The van der Waals surface area contributed by atoms with E-state index in [1.807, 2.05) is 0 Å². The Bertz CT molecular complexity index is 1170. The molecule has 0 aliphatic carbocycles. The van der Waals surface area contributed by atoms with Gasteiger partial charge in [0.25, 0.3) is 0 Å². The van der Waals surface area contributed by atoms with Gasteiger partial charge in [0.2, 0.25) is 5.56 Å². The number of benzene rings is 1. The lowest BCUT2D eigenvalue weighted by molar-refractivity contribution is 0.0878. The van der Waals surface area contributed by atoms with E-state index in [0.29, 0.717) is 17.2 Å². The molecule has 1 aromatic heterocycles. The first kappa shape index (κ1) is 20.7. The van der Waals surface area contributed by atoms with Crippen LogP contribution >= 0.6 is 0 Å². The summed E-state index contributed by atoms with van der Waals surface area (Å²) in [7, 11) is -1.94. The Kier molecular flexibility index (Phi) is 5.58. The predicted octanol–water partition coefficient (Wildman–Crippen LogP) is 1.60. The van der Waals surface area contributed by atoms with Crippen LogP contribution in [0.3, 0.4) is 0 Å². The Morgan fingerprint density at radius 3 is 2.55 bits per heavy atom. The quantitative estimate of drug-likeness (QED) is 0.785. The average molecular weight is 424 g/mol. The third-order valence-corrected chi connectivity index (χ3v) is 4.86. The number of sulfone groups is 1. The largest absolute Gasteiger partial charge is 0.454 e. The third-order valence-electron chi connectivity index (χ3n) is 4.09. The van der Waals surface area contributed by atoms with Gasteiger partial charge in [0.15, 0.2) is 27.6 Å². The molecule has 154 valence electrons. The first-order valence-electron chi connectivity index (χ1n) is 8.39. The fourth-order valence-electron chi connectivity index (χ4n) is 2.75. The van der Waals surface area contributed by atoms with Crippen molar-refractivity contribution in [3.8, 4) is 5.75 Å². The number of aromatic nitrogens is 1. The maximum absolute atomic E-state index is 14.0. The number of nitrogens with zero attached hydrogens (tertiary/aromatic N) is 2. The van der Waals surface area contributed by atoms with E-state index in [-0.39, 0.29) is 17.1 Å². The molecule has 10 heteroatoms. The van der Waals surface area contributed by atoms with Gasteiger partial charge in [-0.05, 0) is 18.2 Å². The van der Waals surface area contributed by atoms with E-state index in [0.717, 1.165) is 23.3 Å². The number of hydrogen-bond donors (Lipinski definition) is 1. The molecule has 0 saturated heterocycles. The van der Waals surface area contributed by atoms with Crippen LogP contribution in [0.25, 0.3) is 5.57 Å². The molecule has 1 unspecified atom stereocenters. The van der Waals surface area contributed by atoms with Crippen LogP contribution < -0.4 is 10.3 Å². The molecule has 0 amide bonds. The van der Waals surface area contributed by atoms with E-state index >= 15 is 0 Å². The topological polar surface area (TPSA) is 88.8 Å². The van der Waals surface area contributed by atoms with Crippen molar-refractivity contribution >= 4 is 15.4 Å². The molecule has 1 aliphatic heterocycles. The summed E-state index contributed by atoms with van der Waals surface area (Å²) in [4.78, 5) is 12.8. The zero-order chi connectivity index (χ0) is 21.3. The van der Waals surface area contributed by atoms with Gasteiger partial charge in [0.1, 0.15) is 17.5 Å². The van der Waals surface area contributed by atoms with Gasteiger partial charge in [-0.2, -0.15) is 0 Å². The molecule has 0 saturated carbocycles. The van der Waals surface area contributed by atoms with Crippen LogP contribution in [-0.2, 0) is 16.9 Å².